The Labute approximate surface area is 143 Å². The molecule has 0 amide bonds. The molecule has 0 radical (unpaired) electrons. The van der Waals surface area contributed by atoms with Gasteiger partial charge in [-0.3, -0.25) is 4.79 Å². The summed E-state index contributed by atoms with van der Waals surface area (Å²) in [5.41, 5.74) is -2.28. The first-order chi connectivity index (χ1) is 11.7. The lowest BCUT2D eigenvalue weighted by atomic mass is 9.79. The second-order valence-corrected chi connectivity index (χ2v) is 5.38. The lowest BCUT2D eigenvalue weighted by Crippen LogP contribution is -2.30. The molecule has 3 N–H and O–H groups in total. The lowest BCUT2D eigenvalue weighted by molar-refractivity contribution is -0.274. The number of hydrogen-bond acceptors (Lipinski definition) is 7. The van der Waals surface area contributed by atoms with E-state index in [0.717, 1.165) is 30.0 Å². The van der Waals surface area contributed by atoms with Crippen molar-refractivity contribution in [3.63, 3.8) is 0 Å². The number of H-pyrrole nitrogens is 1. The number of nitrogens with one attached hydrogen (secondary N) is 1. The number of nitrogens with zero attached hydrogens (tertiary/aromatic N) is 2. The first kappa shape index (κ1) is 18.8. The number of nitriles is 1. The van der Waals surface area contributed by atoms with Gasteiger partial charge in [-0.05, 0) is 23.9 Å². The lowest BCUT2D eigenvalue weighted by Gasteiger charge is -2.15. The Hall–Kier alpha value is -2.49. The Morgan fingerprint density at radius 3 is 2.60 bits per heavy atom. The van der Waals surface area contributed by atoms with Crippen LogP contribution in [-0.2, 0) is 0 Å². The molecule has 0 fully saturated rings. The molecule has 1 aromatic carbocycles. The molecule has 12 heteroatoms. The summed E-state index contributed by atoms with van der Waals surface area (Å²) in [6, 6.07) is 4.38. The molecule has 1 aromatic heterocycles. The molecular formula is C13H9BF3N3O4S. The van der Waals surface area contributed by atoms with E-state index >= 15 is 0 Å². The van der Waals surface area contributed by atoms with E-state index in [-0.39, 0.29) is 21.9 Å². The van der Waals surface area contributed by atoms with E-state index in [0.29, 0.717) is 0 Å². The minimum absolute atomic E-state index is 0.0620. The standard InChI is InChI=1S/C13H9BF3N3O4S/c1-25-12-19-10(8(5-18)11(21)20-12)7-4-6(14(22)23)2-3-9(7)24-13(15,16)17/h2-4,22-23H,1H3,(H,19,20,21). The van der Waals surface area contributed by atoms with Gasteiger partial charge in [-0.15, -0.1) is 13.2 Å². The predicted molar refractivity (Wildman–Crippen MR) is 83.3 cm³/mol. The second kappa shape index (κ2) is 7.18. The van der Waals surface area contributed by atoms with Crippen LogP contribution in [0.5, 0.6) is 5.75 Å². The summed E-state index contributed by atoms with van der Waals surface area (Å²) in [7, 11) is -1.98. The molecule has 25 heavy (non-hydrogen) atoms. The zero-order valence-corrected chi connectivity index (χ0v) is 13.3. The third kappa shape index (κ3) is 4.33. The molecule has 1 heterocycles. The summed E-state index contributed by atoms with van der Waals surface area (Å²) in [6.45, 7) is 0. The zero-order valence-electron chi connectivity index (χ0n) is 12.5. The minimum Gasteiger partial charge on any atom is -0.423 e. The molecule has 0 aliphatic rings. The van der Waals surface area contributed by atoms with Crippen LogP contribution >= 0.6 is 11.8 Å². The van der Waals surface area contributed by atoms with Crippen LogP contribution in [0.1, 0.15) is 5.56 Å². The van der Waals surface area contributed by atoms with Crippen LogP contribution in [0.3, 0.4) is 0 Å². The number of rotatable bonds is 4. The van der Waals surface area contributed by atoms with Gasteiger partial charge in [0.05, 0.1) is 0 Å². The Morgan fingerprint density at radius 1 is 1.40 bits per heavy atom. The number of hydrogen-bond donors (Lipinski definition) is 3. The summed E-state index contributed by atoms with van der Waals surface area (Å²) < 4.78 is 41.8. The molecule has 7 nitrogen and oxygen atoms in total. The summed E-state index contributed by atoms with van der Waals surface area (Å²) in [5.74, 6) is -0.737. The summed E-state index contributed by atoms with van der Waals surface area (Å²) in [4.78, 5) is 18.2. The third-order valence-corrected chi connectivity index (χ3v) is 3.57. The number of aromatic amines is 1. The average Bonchev–Trinajstić information content (AvgIpc) is 2.52. The summed E-state index contributed by atoms with van der Waals surface area (Å²) >= 11 is 1.00. The SMILES string of the molecule is CSc1nc(-c2cc(B(O)O)ccc2OC(F)(F)F)c(C#N)c(=O)[nH]1. The van der Waals surface area contributed by atoms with E-state index < -0.39 is 30.4 Å². The molecule has 0 saturated heterocycles. The second-order valence-electron chi connectivity index (χ2n) is 4.59. The van der Waals surface area contributed by atoms with Crippen molar-refractivity contribution in [3.8, 4) is 23.1 Å². The van der Waals surface area contributed by atoms with Gasteiger partial charge in [-0.25, -0.2) is 4.98 Å². The fraction of sp³-hybridized carbons (Fsp3) is 0.154. The summed E-state index contributed by atoms with van der Waals surface area (Å²) in [6.07, 6.45) is -3.47. The Bertz CT molecular complexity index is 896. The molecular weight excluding hydrogens is 362 g/mol. The molecule has 0 spiro atoms. The van der Waals surface area contributed by atoms with Crippen LogP contribution in [0.4, 0.5) is 13.2 Å². The highest BCUT2D eigenvalue weighted by Gasteiger charge is 2.33. The van der Waals surface area contributed by atoms with Crippen molar-refractivity contribution in [2.75, 3.05) is 6.26 Å². The largest absolute Gasteiger partial charge is 0.573 e. The normalized spacial score (nSPS) is 11.1. The van der Waals surface area contributed by atoms with Crippen LogP contribution in [0.25, 0.3) is 11.3 Å². The highest BCUT2D eigenvalue weighted by molar-refractivity contribution is 7.98. The maximum absolute atomic E-state index is 12.6. The maximum Gasteiger partial charge on any atom is 0.573 e. The molecule has 0 unspecified atom stereocenters. The topological polar surface area (TPSA) is 119 Å². The van der Waals surface area contributed by atoms with Crippen molar-refractivity contribution >= 4 is 24.3 Å². The van der Waals surface area contributed by atoms with Crippen LogP contribution in [0.15, 0.2) is 28.2 Å². The molecule has 130 valence electrons. The molecule has 0 saturated carbocycles. The van der Waals surface area contributed by atoms with Gasteiger partial charge in [0, 0.05) is 5.56 Å². The van der Waals surface area contributed by atoms with E-state index in [4.69, 9.17) is 5.26 Å². The Balaban J connectivity index is 2.80. The van der Waals surface area contributed by atoms with Crippen molar-refractivity contribution in [1.82, 2.24) is 9.97 Å². The third-order valence-electron chi connectivity index (χ3n) is 2.99. The van der Waals surface area contributed by atoms with Gasteiger partial charge in [0.15, 0.2) is 5.16 Å². The number of ether oxygens (including phenoxy) is 1. The predicted octanol–water partition coefficient (Wildman–Crippen LogP) is 0.609. The van der Waals surface area contributed by atoms with E-state index in [1.807, 2.05) is 0 Å². The van der Waals surface area contributed by atoms with Gasteiger partial charge >= 0.3 is 13.5 Å². The smallest absolute Gasteiger partial charge is 0.423 e. The van der Waals surface area contributed by atoms with Crippen LogP contribution in [-0.4, -0.2) is 39.8 Å². The van der Waals surface area contributed by atoms with Gasteiger partial charge in [0.2, 0.25) is 0 Å². The fourth-order valence-corrected chi connectivity index (χ4v) is 2.33. The van der Waals surface area contributed by atoms with Crippen molar-refractivity contribution in [2.45, 2.75) is 11.5 Å². The number of halogens is 3. The number of alkyl halides is 3. The van der Waals surface area contributed by atoms with Crippen molar-refractivity contribution in [2.24, 2.45) is 0 Å². The highest BCUT2D eigenvalue weighted by atomic mass is 32.2. The van der Waals surface area contributed by atoms with Crippen LogP contribution < -0.4 is 15.8 Å². The van der Waals surface area contributed by atoms with Crippen LogP contribution in [0, 0.1) is 11.3 Å². The van der Waals surface area contributed by atoms with Crippen LogP contribution in [0.2, 0.25) is 0 Å². The van der Waals surface area contributed by atoms with Gasteiger partial charge in [-0.2, -0.15) is 5.26 Å². The molecule has 2 rings (SSSR count). The minimum atomic E-state index is -5.04. The monoisotopic (exact) mass is 371 g/mol. The van der Waals surface area contributed by atoms with Crippen molar-refractivity contribution in [1.29, 1.82) is 5.26 Å². The Kier molecular flexibility index (Phi) is 5.41. The number of thioether (sulfide) groups is 1. The Morgan fingerprint density at radius 2 is 2.08 bits per heavy atom. The van der Waals surface area contributed by atoms with Gasteiger partial charge in [0.25, 0.3) is 5.56 Å². The fourth-order valence-electron chi connectivity index (χ4n) is 1.95. The highest BCUT2D eigenvalue weighted by Crippen LogP contribution is 2.33. The van der Waals surface area contributed by atoms with Gasteiger partial charge in [-0.1, -0.05) is 17.8 Å². The quantitative estimate of drug-likeness (QED) is 0.409. The molecule has 0 bridgehead atoms. The first-order valence-corrected chi connectivity index (χ1v) is 7.73. The van der Waals surface area contributed by atoms with E-state index in [1.54, 1.807) is 12.3 Å². The molecule has 0 aliphatic carbocycles. The zero-order chi connectivity index (χ0) is 18.8. The van der Waals surface area contributed by atoms with Gasteiger partial charge < -0.3 is 19.8 Å². The van der Waals surface area contributed by atoms with E-state index in [2.05, 4.69) is 14.7 Å². The number of benzene rings is 1. The first-order valence-electron chi connectivity index (χ1n) is 6.51. The van der Waals surface area contributed by atoms with Crippen molar-refractivity contribution < 1.29 is 28.0 Å². The van der Waals surface area contributed by atoms with Gasteiger partial charge in [0.1, 0.15) is 23.1 Å². The molecule has 2 aromatic rings. The van der Waals surface area contributed by atoms with Crippen molar-refractivity contribution in [3.05, 3.63) is 34.1 Å². The van der Waals surface area contributed by atoms with E-state index in [9.17, 15) is 28.0 Å². The maximum atomic E-state index is 12.6. The van der Waals surface area contributed by atoms with E-state index in [1.165, 1.54) is 0 Å². The molecule has 0 aliphatic heterocycles. The number of aromatic nitrogens is 2. The average molecular weight is 371 g/mol. The summed E-state index contributed by atoms with van der Waals surface area (Å²) in [5, 5.41) is 27.7. The molecule has 0 atom stereocenters.